The molecule has 11 heteroatoms. The van der Waals surface area contributed by atoms with Crippen molar-refractivity contribution >= 4 is 8.53 Å². The SMILES string of the molecule is [2H]C[C@H]1O[C@@H](n2ccc(=O)[nH]c2=O)C(F)[C@H]1OP(OCCC#N)N(C(C)C)C(C)C. The zero-order chi connectivity index (χ0) is 22.4. The van der Waals surface area contributed by atoms with E-state index in [0.717, 1.165) is 16.8 Å². The van der Waals surface area contributed by atoms with Gasteiger partial charge in [0, 0.05) is 25.7 Å². The van der Waals surface area contributed by atoms with Gasteiger partial charge in [-0.3, -0.25) is 14.3 Å². The summed E-state index contributed by atoms with van der Waals surface area (Å²) in [5, 5.41) is 8.81. The van der Waals surface area contributed by atoms with Crippen molar-refractivity contribution in [3.8, 4) is 6.07 Å². The number of alkyl halides is 1. The van der Waals surface area contributed by atoms with E-state index in [1.54, 1.807) is 0 Å². The van der Waals surface area contributed by atoms with Crippen molar-refractivity contribution in [1.82, 2.24) is 14.2 Å². The number of hydrogen-bond donors (Lipinski definition) is 1. The van der Waals surface area contributed by atoms with E-state index in [4.69, 9.17) is 20.4 Å². The van der Waals surface area contributed by atoms with Gasteiger partial charge in [0.15, 0.2) is 12.4 Å². The van der Waals surface area contributed by atoms with Gasteiger partial charge >= 0.3 is 5.69 Å². The lowest BCUT2D eigenvalue weighted by atomic mass is 10.2. The second-order valence-electron chi connectivity index (χ2n) is 7.14. The zero-order valence-corrected chi connectivity index (χ0v) is 17.8. The molecule has 0 radical (unpaired) electrons. The Kier molecular flexibility index (Phi) is 7.92. The molecule has 1 aliphatic rings. The molecule has 0 amide bonds. The third-order valence-corrected chi connectivity index (χ3v) is 6.39. The van der Waals surface area contributed by atoms with Gasteiger partial charge in [-0.2, -0.15) is 5.26 Å². The molecule has 5 atom stereocenters. The van der Waals surface area contributed by atoms with Gasteiger partial charge in [-0.25, -0.2) is 13.9 Å². The maximum atomic E-state index is 15.4. The van der Waals surface area contributed by atoms with Crippen molar-refractivity contribution in [1.29, 1.82) is 5.26 Å². The maximum Gasteiger partial charge on any atom is 0.330 e. The molecule has 0 bridgehead atoms. The highest BCUT2D eigenvalue weighted by Crippen LogP contribution is 2.50. The number of aromatic amines is 1. The van der Waals surface area contributed by atoms with Gasteiger partial charge in [-0.05, 0) is 34.6 Å². The number of nitriles is 1. The third-order valence-electron chi connectivity index (χ3n) is 4.27. The molecule has 9 nitrogen and oxygen atoms in total. The van der Waals surface area contributed by atoms with Gasteiger partial charge in [0.2, 0.25) is 0 Å². The minimum absolute atomic E-state index is 0.0191. The largest absolute Gasteiger partial charge is 0.349 e. The quantitative estimate of drug-likeness (QED) is 0.472. The molecule has 0 saturated carbocycles. The molecule has 1 fully saturated rings. The minimum atomic E-state index is -1.77. The van der Waals surface area contributed by atoms with E-state index in [0.29, 0.717) is 0 Å². The fourth-order valence-electron chi connectivity index (χ4n) is 3.07. The van der Waals surface area contributed by atoms with Crippen LogP contribution in [0.5, 0.6) is 0 Å². The van der Waals surface area contributed by atoms with E-state index in [1.165, 1.54) is 0 Å². The van der Waals surface area contributed by atoms with Crippen LogP contribution < -0.4 is 11.2 Å². The van der Waals surface area contributed by atoms with Crippen molar-refractivity contribution in [2.24, 2.45) is 0 Å². The van der Waals surface area contributed by atoms with Crippen LogP contribution in [0, 0.1) is 11.3 Å². The Balaban J connectivity index is 2.29. The number of aromatic nitrogens is 2. The summed E-state index contributed by atoms with van der Waals surface area (Å²) in [4.78, 5) is 25.4. The Bertz CT molecular complexity index is 837. The zero-order valence-electron chi connectivity index (χ0n) is 17.9. The molecule has 2 rings (SSSR count). The molecule has 162 valence electrons. The summed E-state index contributed by atoms with van der Waals surface area (Å²) < 4.78 is 43.4. The van der Waals surface area contributed by atoms with Crippen LogP contribution in [0.15, 0.2) is 21.9 Å². The number of H-pyrrole nitrogens is 1. The molecule has 0 spiro atoms. The summed E-state index contributed by atoms with van der Waals surface area (Å²) in [5.74, 6) is 0. The monoisotopic (exact) mass is 431 g/mol. The van der Waals surface area contributed by atoms with Crippen LogP contribution in [0.3, 0.4) is 0 Å². The van der Waals surface area contributed by atoms with E-state index in [-0.39, 0.29) is 32.0 Å². The molecule has 1 aromatic heterocycles. The standard InChI is InChI=1S/C18H28FN4O5P/c1-11(2)23(12(3)4)29(26-10-6-8-20)28-16-13(5)27-17(15(16)19)22-9-7-14(24)21-18(22)25/h7,9,11-13,15-17H,6,10H2,1-5H3,(H,21,24,25)/t13-,15?,16+,17-,29?/m1/s1/i5D. The Morgan fingerprint density at radius 2 is 2.14 bits per heavy atom. The maximum absolute atomic E-state index is 15.4. The molecule has 29 heavy (non-hydrogen) atoms. The molecule has 0 aromatic carbocycles. The van der Waals surface area contributed by atoms with Crippen molar-refractivity contribution < 1.29 is 19.5 Å². The first-order valence-corrected chi connectivity index (χ1v) is 10.5. The number of hydrogen-bond acceptors (Lipinski definition) is 7. The molecular formula is C18H28FN4O5P. The first-order valence-electron chi connectivity index (χ1n) is 10.1. The van der Waals surface area contributed by atoms with Crippen LogP contribution in [0.2, 0.25) is 0 Å². The highest BCUT2D eigenvalue weighted by atomic mass is 31.2. The summed E-state index contributed by atoms with van der Waals surface area (Å²) in [5.41, 5.74) is -1.41. The van der Waals surface area contributed by atoms with Crippen molar-refractivity contribution in [2.45, 2.75) is 77.7 Å². The molecule has 1 aliphatic heterocycles. The van der Waals surface area contributed by atoms with Gasteiger partial charge in [0.25, 0.3) is 14.1 Å². The average molecular weight is 431 g/mol. The third kappa shape index (κ3) is 5.71. The fourth-order valence-corrected chi connectivity index (χ4v) is 4.84. The minimum Gasteiger partial charge on any atom is -0.349 e. The summed E-state index contributed by atoms with van der Waals surface area (Å²) in [6.45, 7) is 7.65. The summed E-state index contributed by atoms with van der Waals surface area (Å²) in [6, 6.07) is 3.13. The smallest absolute Gasteiger partial charge is 0.330 e. The van der Waals surface area contributed by atoms with Crippen molar-refractivity contribution in [3.05, 3.63) is 33.1 Å². The normalized spacial score (nSPS) is 26.1. The summed E-state index contributed by atoms with van der Waals surface area (Å²) >= 11 is 0. The highest BCUT2D eigenvalue weighted by molar-refractivity contribution is 7.44. The van der Waals surface area contributed by atoms with Crippen LogP contribution in [-0.2, 0) is 13.8 Å². The van der Waals surface area contributed by atoms with E-state index in [1.807, 2.05) is 38.4 Å². The van der Waals surface area contributed by atoms with Gasteiger partial charge in [-0.15, -0.1) is 0 Å². The molecule has 1 aromatic rings. The lowest BCUT2D eigenvalue weighted by Gasteiger charge is -2.37. The summed E-state index contributed by atoms with van der Waals surface area (Å²) in [6.07, 6.45) is -3.88. The Hall–Kier alpha value is -1.63. The second-order valence-corrected chi connectivity index (χ2v) is 8.55. The highest BCUT2D eigenvalue weighted by Gasteiger charge is 2.47. The van der Waals surface area contributed by atoms with Gasteiger partial charge in [0.1, 0.15) is 6.10 Å². The number of ether oxygens (including phenoxy) is 1. The molecule has 1 saturated heterocycles. The number of halogens is 1. The van der Waals surface area contributed by atoms with Crippen LogP contribution in [0.1, 0.15) is 48.6 Å². The first kappa shape index (κ1) is 22.1. The van der Waals surface area contributed by atoms with Gasteiger partial charge < -0.3 is 13.8 Å². The molecule has 0 aliphatic carbocycles. The molecule has 1 N–H and O–H groups in total. The van der Waals surface area contributed by atoms with Gasteiger partial charge in [-0.1, -0.05) is 0 Å². The lowest BCUT2D eigenvalue weighted by molar-refractivity contribution is -0.0180. The predicted octanol–water partition coefficient (Wildman–Crippen LogP) is 2.45. The van der Waals surface area contributed by atoms with E-state index < -0.39 is 44.4 Å². The summed E-state index contributed by atoms with van der Waals surface area (Å²) in [7, 11) is -1.75. The van der Waals surface area contributed by atoms with Crippen molar-refractivity contribution in [3.63, 3.8) is 0 Å². The number of nitrogens with one attached hydrogen (secondary N) is 1. The van der Waals surface area contributed by atoms with Crippen molar-refractivity contribution in [2.75, 3.05) is 6.61 Å². The van der Waals surface area contributed by atoms with E-state index in [9.17, 15) is 9.59 Å². The van der Waals surface area contributed by atoms with Crippen LogP contribution in [-0.4, -0.2) is 51.3 Å². The fraction of sp³-hybridized carbons (Fsp3) is 0.722. The average Bonchev–Trinajstić information content (AvgIpc) is 2.97. The van der Waals surface area contributed by atoms with E-state index in [2.05, 4.69) is 4.98 Å². The van der Waals surface area contributed by atoms with Crippen LogP contribution >= 0.6 is 8.53 Å². The molecule has 2 heterocycles. The van der Waals surface area contributed by atoms with Crippen LogP contribution in [0.4, 0.5) is 4.39 Å². The van der Waals surface area contributed by atoms with E-state index >= 15 is 4.39 Å². The molecular weight excluding hydrogens is 402 g/mol. The van der Waals surface area contributed by atoms with Crippen LogP contribution in [0.25, 0.3) is 0 Å². The topological polar surface area (TPSA) is 110 Å². The second kappa shape index (κ2) is 10.4. The Morgan fingerprint density at radius 1 is 1.45 bits per heavy atom. The lowest BCUT2D eigenvalue weighted by Crippen LogP contribution is -2.38. The molecule has 2 unspecified atom stereocenters. The predicted molar refractivity (Wildman–Crippen MR) is 106 cm³/mol. The number of nitrogens with zero attached hydrogens (tertiary/aromatic N) is 3. The number of rotatable bonds is 9. The first-order chi connectivity index (χ1) is 14.2. The Morgan fingerprint density at radius 3 is 2.69 bits per heavy atom. The van der Waals surface area contributed by atoms with Gasteiger partial charge in [0.05, 0.1) is 25.2 Å². The Labute approximate surface area is 171 Å².